The molecule has 1 aromatic rings. The lowest BCUT2D eigenvalue weighted by molar-refractivity contribution is 0.0156. The van der Waals surface area contributed by atoms with Gasteiger partial charge in [0.15, 0.2) is 0 Å². The van der Waals surface area contributed by atoms with Crippen LogP contribution in [-0.2, 0) is 4.74 Å². The molecular weight excluding hydrogens is 290 g/mol. The third-order valence-electron chi connectivity index (χ3n) is 3.53. The van der Waals surface area contributed by atoms with Crippen molar-refractivity contribution in [3.8, 4) is 0 Å². The first-order valence-corrected chi connectivity index (χ1v) is 7.70. The largest absolute Gasteiger partial charge is 0.378 e. The molecule has 5 nitrogen and oxygen atoms in total. The van der Waals surface area contributed by atoms with Gasteiger partial charge in [0.25, 0.3) is 0 Å². The van der Waals surface area contributed by atoms with Crippen LogP contribution in [0.3, 0.4) is 0 Å². The number of halogens is 1. The Morgan fingerprint density at radius 2 is 2.00 bits per heavy atom. The first-order valence-electron chi connectivity index (χ1n) is 7.32. The molecule has 0 saturated carbocycles. The predicted octanol–water partition coefficient (Wildman–Crippen LogP) is 2.70. The number of rotatable bonds is 5. The molecule has 2 rings (SSSR count). The van der Waals surface area contributed by atoms with E-state index in [9.17, 15) is 4.79 Å². The fraction of sp³-hybridized carbons (Fsp3) is 0.533. The fourth-order valence-corrected chi connectivity index (χ4v) is 2.42. The molecule has 21 heavy (non-hydrogen) atoms. The second kappa shape index (κ2) is 8.22. The molecular formula is C15H22ClN3O2. The van der Waals surface area contributed by atoms with Crippen LogP contribution >= 0.6 is 11.6 Å². The van der Waals surface area contributed by atoms with E-state index in [1.807, 2.05) is 4.90 Å². The number of hydrogen-bond acceptors (Lipinski definition) is 3. The molecule has 1 aromatic carbocycles. The summed E-state index contributed by atoms with van der Waals surface area (Å²) in [7, 11) is 0. The van der Waals surface area contributed by atoms with Crippen molar-refractivity contribution in [1.82, 2.24) is 4.90 Å². The average Bonchev–Trinajstić information content (AvgIpc) is 2.50. The van der Waals surface area contributed by atoms with E-state index in [2.05, 4.69) is 5.32 Å². The van der Waals surface area contributed by atoms with Crippen molar-refractivity contribution in [2.24, 2.45) is 5.73 Å². The van der Waals surface area contributed by atoms with Crippen molar-refractivity contribution in [2.45, 2.75) is 25.4 Å². The maximum Gasteiger partial charge on any atom is 0.321 e. The quantitative estimate of drug-likeness (QED) is 0.822. The van der Waals surface area contributed by atoms with Crippen LogP contribution in [0, 0.1) is 0 Å². The lowest BCUT2D eigenvalue weighted by Gasteiger charge is -2.32. The highest BCUT2D eigenvalue weighted by molar-refractivity contribution is 6.30. The Kier molecular flexibility index (Phi) is 6.29. The van der Waals surface area contributed by atoms with Crippen LogP contribution < -0.4 is 11.1 Å². The highest BCUT2D eigenvalue weighted by Gasteiger charge is 2.23. The summed E-state index contributed by atoms with van der Waals surface area (Å²) in [4.78, 5) is 14.0. The maximum absolute atomic E-state index is 12.1. The normalized spacial score (nSPS) is 16.0. The SMILES string of the molecule is NCCCOC1CCN(C(=O)Nc2ccc(Cl)cc2)CC1. The third kappa shape index (κ3) is 5.19. The number of ether oxygens (including phenoxy) is 1. The number of hydrogen-bond donors (Lipinski definition) is 2. The Labute approximate surface area is 130 Å². The molecule has 116 valence electrons. The smallest absolute Gasteiger partial charge is 0.321 e. The van der Waals surface area contributed by atoms with Crippen molar-refractivity contribution >= 4 is 23.3 Å². The molecule has 1 aliphatic rings. The van der Waals surface area contributed by atoms with E-state index in [1.165, 1.54) is 0 Å². The topological polar surface area (TPSA) is 67.6 Å². The van der Waals surface area contributed by atoms with Crippen molar-refractivity contribution in [1.29, 1.82) is 0 Å². The Morgan fingerprint density at radius 1 is 1.33 bits per heavy atom. The molecule has 6 heteroatoms. The number of nitrogens with zero attached hydrogens (tertiary/aromatic N) is 1. The lowest BCUT2D eigenvalue weighted by Crippen LogP contribution is -2.43. The molecule has 0 spiro atoms. The first kappa shape index (κ1) is 16.1. The van der Waals surface area contributed by atoms with Gasteiger partial charge in [-0.1, -0.05) is 11.6 Å². The van der Waals surface area contributed by atoms with Gasteiger partial charge in [-0.15, -0.1) is 0 Å². The van der Waals surface area contributed by atoms with E-state index in [4.69, 9.17) is 22.1 Å². The molecule has 3 N–H and O–H groups in total. The van der Waals surface area contributed by atoms with Crippen molar-refractivity contribution in [3.05, 3.63) is 29.3 Å². The molecule has 1 aliphatic heterocycles. The predicted molar refractivity (Wildman–Crippen MR) is 84.7 cm³/mol. The minimum atomic E-state index is -0.0715. The summed E-state index contributed by atoms with van der Waals surface area (Å²) < 4.78 is 5.73. The van der Waals surface area contributed by atoms with E-state index in [0.717, 1.165) is 24.9 Å². The van der Waals surface area contributed by atoms with Gasteiger partial charge in [0.1, 0.15) is 0 Å². The maximum atomic E-state index is 12.1. The van der Waals surface area contributed by atoms with Gasteiger partial charge < -0.3 is 20.7 Å². The molecule has 1 fully saturated rings. The minimum Gasteiger partial charge on any atom is -0.378 e. The van der Waals surface area contributed by atoms with Crippen LogP contribution in [0.2, 0.25) is 5.02 Å². The highest BCUT2D eigenvalue weighted by atomic mass is 35.5. The zero-order valence-electron chi connectivity index (χ0n) is 12.1. The van der Waals surface area contributed by atoms with Crippen LogP contribution in [0.25, 0.3) is 0 Å². The highest BCUT2D eigenvalue weighted by Crippen LogP contribution is 2.17. The Morgan fingerprint density at radius 3 is 2.62 bits per heavy atom. The van der Waals surface area contributed by atoms with Crippen molar-refractivity contribution in [2.75, 3.05) is 31.6 Å². The molecule has 2 amide bonds. The monoisotopic (exact) mass is 311 g/mol. The Balaban J connectivity index is 1.74. The van der Waals surface area contributed by atoms with E-state index in [-0.39, 0.29) is 12.1 Å². The summed E-state index contributed by atoms with van der Waals surface area (Å²) in [5.41, 5.74) is 6.19. The van der Waals surface area contributed by atoms with Gasteiger partial charge in [-0.2, -0.15) is 0 Å². The van der Waals surface area contributed by atoms with Crippen LogP contribution in [-0.4, -0.2) is 43.3 Å². The molecule has 1 saturated heterocycles. The second-order valence-electron chi connectivity index (χ2n) is 5.14. The van der Waals surface area contributed by atoms with E-state index < -0.39 is 0 Å². The summed E-state index contributed by atoms with van der Waals surface area (Å²) in [6.07, 6.45) is 2.88. The zero-order chi connectivity index (χ0) is 15.1. The number of anilines is 1. The summed E-state index contributed by atoms with van der Waals surface area (Å²) >= 11 is 5.82. The van der Waals surface area contributed by atoms with Gasteiger partial charge in [0.05, 0.1) is 6.10 Å². The van der Waals surface area contributed by atoms with Crippen LogP contribution in [0.15, 0.2) is 24.3 Å². The number of urea groups is 1. The van der Waals surface area contributed by atoms with Crippen molar-refractivity contribution < 1.29 is 9.53 Å². The van der Waals surface area contributed by atoms with Crippen molar-refractivity contribution in [3.63, 3.8) is 0 Å². The number of nitrogens with two attached hydrogens (primary N) is 1. The Hall–Kier alpha value is -1.30. The third-order valence-corrected chi connectivity index (χ3v) is 3.78. The van der Waals surface area contributed by atoms with Gasteiger partial charge in [-0.05, 0) is 50.1 Å². The van der Waals surface area contributed by atoms with Crippen LogP contribution in [0.1, 0.15) is 19.3 Å². The van der Waals surface area contributed by atoms with Crippen LogP contribution in [0.4, 0.5) is 10.5 Å². The standard InChI is InChI=1S/C15H22ClN3O2/c16-12-2-4-13(5-3-12)18-15(20)19-9-6-14(7-10-19)21-11-1-8-17/h2-5,14H,1,6-11,17H2,(H,18,20). The number of likely N-dealkylation sites (tertiary alicyclic amines) is 1. The molecule has 0 bridgehead atoms. The number of nitrogens with one attached hydrogen (secondary N) is 1. The molecule has 0 unspecified atom stereocenters. The van der Waals surface area contributed by atoms with E-state index >= 15 is 0 Å². The van der Waals surface area contributed by atoms with Crippen LogP contribution in [0.5, 0.6) is 0 Å². The first-order chi connectivity index (χ1) is 10.2. The van der Waals surface area contributed by atoms with Gasteiger partial charge in [0.2, 0.25) is 0 Å². The van der Waals surface area contributed by atoms with Gasteiger partial charge in [0, 0.05) is 30.4 Å². The molecule has 0 atom stereocenters. The molecule has 0 radical (unpaired) electrons. The number of carbonyl (C=O) groups is 1. The zero-order valence-corrected chi connectivity index (χ0v) is 12.8. The fourth-order valence-electron chi connectivity index (χ4n) is 2.29. The number of benzene rings is 1. The average molecular weight is 312 g/mol. The van der Waals surface area contributed by atoms with Gasteiger partial charge >= 0.3 is 6.03 Å². The minimum absolute atomic E-state index is 0.0715. The second-order valence-corrected chi connectivity index (χ2v) is 5.57. The molecule has 0 aliphatic carbocycles. The molecule has 0 aromatic heterocycles. The molecule has 1 heterocycles. The lowest BCUT2D eigenvalue weighted by atomic mass is 10.1. The summed E-state index contributed by atoms with van der Waals surface area (Å²) in [5, 5.41) is 3.53. The van der Waals surface area contributed by atoms with E-state index in [0.29, 0.717) is 31.3 Å². The number of amides is 2. The summed E-state index contributed by atoms with van der Waals surface area (Å²) in [6.45, 7) is 2.79. The van der Waals surface area contributed by atoms with Gasteiger partial charge in [-0.25, -0.2) is 4.79 Å². The van der Waals surface area contributed by atoms with Gasteiger partial charge in [-0.3, -0.25) is 0 Å². The number of piperidine rings is 1. The van der Waals surface area contributed by atoms with E-state index in [1.54, 1.807) is 24.3 Å². The summed E-state index contributed by atoms with van der Waals surface area (Å²) in [5.74, 6) is 0. The number of carbonyl (C=O) groups excluding carboxylic acids is 1. The summed E-state index contributed by atoms with van der Waals surface area (Å²) in [6, 6.07) is 7.03. The Bertz CT molecular complexity index is 445.